The number of nitrogens with one attached hydrogen (secondary N) is 1. The molecule has 0 radical (unpaired) electrons. The van der Waals surface area contributed by atoms with Crippen LogP contribution in [0.2, 0.25) is 0 Å². The summed E-state index contributed by atoms with van der Waals surface area (Å²) in [5.41, 5.74) is 1.46. The highest BCUT2D eigenvalue weighted by molar-refractivity contribution is 14.1. The Morgan fingerprint density at radius 2 is 1.85 bits per heavy atom. The summed E-state index contributed by atoms with van der Waals surface area (Å²) in [6.07, 6.45) is 0. The summed E-state index contributed by atoms with van der Waals surface area (Å²) >= 11 is 2.05. The van der Waals surface area contributed by atoms with Crippen molar-refractivity contribution >= 4 is 38.3 Å². The lowest BCUT2D eigenvalue weighted by Gasteiger charge is -2.11. The van der Waals surface area contributed by atoms with Gasteiger partial charge in [0.05, 0.1) is 21.3 Å². The van der Waals surface area contributed by atoms with Crippen molar-refractivity contribution in [1.29, 1.82) is 0 Å². The van der Waals surface area contributed by atoms with Crippen LogP contribution in [0.25, 0.3) is 0 Å². The van der Waals surface area contributed by atoms with E-state index < -0.39 is 10.0 Å². The van der Waals surface area contributed by atoms with Gasteiger partial charge < -0.3 is 4.74 Å². The number of methoxy groups -OCH3 is 1. The van der Waals surface area contributed by atoms with Crippen LogP contribution in [0.4, 0.5) is 5.69 Å². The molecule has 0 unspecified atom stereocenters. The summed E-state index contributed by atoms with van der Waals surface area (Å²) in [5.74, 6) is 0.653. The Hall–Kier alpha value is -1.28. The lowest BCUT2D eigenvalue weighted by molar-refractivity contribution is 0.411. The highest BCUT2D eigenvalue weighted by Crippen LogP contribution is 2.25. The summed E-state index contributed by atoms with van der Waals surface area (Å²) in [7, 11) is -2.04. The highest BCUT2D eigenvalue weighted by Gasteiger charge is 2.16. The molecule has 2 rings (SSSR count). The molecule has 0 saturated heterocycles. The van der Waals surface area contributed by atoms with E-state index in [0.717, 1.165) is 9.13 Å². The molecule has 2 aromatic carbocycles. The van der Waals surface area contributed by atoms with Crippen LogP contribution in [0.15, 0.2) is 47.4 Å². The van der Waals surface area contributed by atoms with Crippen LogP contribution < -0.4 is 9.46 Å². The lowest BCUT2D eigenvalue weighted by Crippen LogP contribution is -2.14. The molecule has 6 heteroatoms. The van der Waals surface area contributed by atoms with Crippen molar-refractivity contribution in [2.75, 3.05) is 11.8 Å². The molecule has 4 nitrogen and oxygen atoms in total. The van der Waals surface area contributed by atoms with Gasteiger partial charge in [0.15, 0.2) is 0 Å². The van der Waals surface area contributed by atoms with E-state index in [9.17, 15) is 8.42 Å². The van der Waals surface area contributed by atoms with Crippen molar-refractivity contribution in [3.63, 3.8) is 0 Å². The molecule has 0 aliphatic carbocycles. The fraction of sp³-hybridized carbons (Fsp3) is 0.143. The Labute approximate surface area is 132 Å². The van der Waals surface area contributed by atoms with Gasteiger partial charge in [-0.3, -0.25) is 4.72 Å². The number of hydrogen-bond donors (Lipinski definition) is 1. The normalized spacial score (nSPS) is 11.2. The highest BCUT2D eigenvalue weighted by atomic mass is 127. The minimum Gasteiger partial charge on any atom is -0.496 e. The number of rotatable bonds is 4. The molecular weight excluding hydrogens is 389 g/mol. The van der Waals surface area contributed by atoms with Crippen LogP contribution in [0, 0.1) is 10.5 Å². The molecule has 0 aliphatic heterocycles. The molecular formula is C14H14INO3S. The number of sulfonamides is 1. The van der Waals surface area contributed by atoms with E-state index >= 15 is 0 Å². The standard InChI is InChI=1S/C14H14INO3S/c1-10-5-3-4-6-13(10)16-20(17,18)11-7-8-14(19-2)12(15)9-11/h3-9,16H,1-2H3. The predicted octanol–water partition coefficient (Wildman–Crippen LogP) is 3.41. The van der Waals surface area contributed by atoms with E-state index in [1.54, 1.807) is 31.4 Å². The minimum atomic E-state index is -3.59. The molecule has 0 heterocycles. The number of benzene rings is 2. The lowest BCUT2D eigenvalue weighted by atomic mass is 10.2. The van der Waals surface area contributed by atoms with Gasteiger partial charge in [0, 0.05) is 0 Å². The number of aryl methyl sites for hydroxylation is 1. The quantitative estimate of drug-likeness (QED) is 0.797. The van der Waals surface area contributed by atoms with Crippen molar-refractivity contribution in [1.82, 2.24) is 0 Å². The van der Waals surface area contributed by atoms with E-state index in [0.29, 0.717) is 11.4 Å². The Kier molecular flexibility index (Phi) is 4.54. The summed E-state index contributed by atoms with van der Waals surface area (Å²) in [6.45, 7) is 1.86. The third-order valence-electron chi connectivity index (χ3n) is 2.82. The van der Waals surface area contributed by atoms with Gasteiger partial charge in [0.25, 0.3) is 10.0 Å². The smallest absolute Gasteiger partial charge is 0.261 e. The fourth-order valence-corrected chi connectivity index (χ4v) is 3.81. The predicted molar refractivity (Wildman–Crippen MR) is 87.7 cm³/mol. The van der Waals surface area contributed by atoms with Crippen molar-refractivity contribution in [3.05, 3.63) is 51.6 Å². The first-order valence-corrected chi connectivity index (χ1v) is 8.42. The summed E-state index contributed by atoms with van der Waals surface area (Å²) in [5, 5.41) is 0. The number of para-hydroxylation sites is 1. The number of ether oxygens (including phenoxy) is 1. The van der Waals surface area contributed by atoms with Crippen LogP contribution in [-0.2, 0) is 10.0 Å². The molecule has 106 valence electrons. The Balaban J connectivity index is 2.36. The summed E-state index contributed by atoms with van der Waals surface area (Å²) in [4.78, 5) is 0.214. The van der Waals surface area contributed by atoms with Crippen LogP contribution >= 0.6 is 22.6 Å². The molecule has 2 aromatic rings. The largest absolute Gasteiger partial charge is 0.496 e. The van der Waals surface area contributed by atoms with E-state index in [1.807, 2.05) is 41.6 Å². The second-order valence-corrected chi connectivity index (χ2v) is 7.06. The molecule has 1 N–H and O–H groups in total. The second-order valence-electron chi connectivity index (χ2n) is 4.22. The molecule has 0 saturated carbocycles. The monoisotopic (exact) mass is 403 g/mol. The first-order chi connectivity index (χ1) is 9.44. The zero-order valence-corrected chi connectivity index (χ0v) is 14.0. The Morgan fingerprint density at radius 1 is 1.15 bits per heavy atom. The van der Waals surface area contributed by atoms with Gasteiger partial charge in [-0.2, -0.15) is 0 Å². The van der Waals surface area contributed by atoms with Crippen molar-refractivity contribution in [3.8, 4) is 5.75 Å². The van der Waals surface area contributed by atoms with Gasteiger partial charge in [-0.05, 0) is 59.3 Å². The van der Waals surface area contributed by atoms with Crippen LogP contribution in [-0.4, -0.2) is 15.5 Å². The first-order valence-electron chi connectivity index (χ1n) is 5.86. The van der Waals surface area contributed by atoms with Gasteiger partial charge in [0.1, 0.15) is 5.75 Å². The number of hydrogen-bond acceptors (Lipinski definition) is 3. The second kappa shape index (κ2) is 6.01. The molecule has 0 bridgehead atoms. The molecule has 0 fully saturated rings. The average Bonchev–Trinajstić information content (AvgIpc) is 2.41. The number of halogens is 1. The maximum Gasteiger partial charge on any atom is 0.261 e. The van der Waals surface area contributed by atoms with Gasteiger partial charge >= 0.3 is 0 Å². The average molecular weight is 403 g/mol. The van der Waals surface area contributed by atoms with Crippen LogP contribution in [0.5, 0.6) is 5.75 Å². The van der Waals surface area contributed by atoms with Crippen LogP contribution in [0.1, 0.15) is 5.56 Å². The summed E-state index contributed by atoms with van der Waals surface area (Å²) < 4.78 is 33.2. The van der Waals surface area contributed by atoms with Crippen molar-refractivity contribution in [2.45, 2.75) is 11.8 Å². The van der Waals surface area contributed by atoms with Gasteiger partial charge in [0.2, 0.25) is 0 Å². The van der Waals surface area contributed by atoms with Crippen LogP contribution in [0.3, 0.4) is 0 Å². The molecule has 0 atom stereocenters. The van der Waals surface area contributed by atoms with E-state index in [2.05, 4.69) is 4.72 Å². The molecule has 0 aliphatic rings. The van der Waals surface area contributed by atoms with Gasteiger partial charge in [-0.25, -0.2) is 8.42 Å². The summed E-state index contributed by atoms with van der Waals surface area (Å²) in [6, 6.07) is 12.0. The molecule has 20 heavy (non-hydrogen) atoms. The minimum absolute atomic E-state index is 0.214. The number of anilines is 1. The maximum absolute atomic E-state index is 12.4. The Morgan fingerprint density at radius 3 is 2.45 bits per heavy atom. The van der Waals surface area contributed by atoms with Crippen molar-refractivity contribution < 1.29 is 13.2 Å². The third-order valence-corrected chi connectivity index (χ3v) is 5.03. The SMILES string of the molecule is COc1ccc(S(=O)(=O)Nc2ccccc2C)cc1I. The molecule has 0 amide bonds. The molecule has 0 spiro atoms. The van der Waals surface area contributed by atoms with Gasteiger partial charge in [-0.15, -0.1) is 0 Å². The van der Waals surface area contributed by atoms with Crippen molar-refractivity contribution in [2.24, 2.45) is 0 Å². The third kappa shape index (κ3) is 3.24. The fourth-order valence-electron chi connectivity index (χ4n) is 1.71. The van der Waals surface area contributed by atoms with Gasteiger partial charge in [-0.1, -0.05) is 18.2 Å². The topological polar surface area (TPSA) is 55.4 Å². The maximum atomic E-state index is 12.4. The van der Waals surface area contributed by atoms with E-state index in [1.165, 1.54) is 6.07 Å². The molecule has 0 aromatic heterocycles. The Bertz CT molecular complexity index is 729. The van der Waals surface area contributed by atoms with E-state index in [4.69, 9.17) is 4.74 Å². The van der Waals surface area contributed by atoms with E-state index in [-0.39, 0.29) is 4.90 Å². The first kappa shape index (κ1) is 15.1. The zero-order chi connectivity index (χ0) is 14.8. The zero-order valence-electron chi connectivity index (χ0n) is 11.1.